The summed E-state index contributed by atoms with van der Waals surface area (Å²) < 4.78 is 5.84. The first-order valence-electron chi connectivity index (χ1n) is 5.78. The largest absolute Gasteiger partial charge is 0.339 e. The van der Waals surface area contributed by atoms with E-state index in [1.807, 2.05) is 13.8 Å². The Hall–Kier alpha value is -1.20. The van der Waals surface area contributed by atoms with Crippen LogP contribution in [0.15, 0.2) is 27.2 Å². The van der Waals surface area contributed by atoms with E-state index in [1.165, 1.54) is 0 Å². The molecule has 1 aromatic heterocycles. The molecule has 0 aliphatic rings. The van der Waals surface area contributed by atoms with Gasteiger partial charge in [-0.15, -0.1) is 0 Å². The summed E-state index contributed by atoms with van der Waals surface area (Å²) >= 11 is 9.26. The molecule has 100 valence electrons. The van der Waals surface area contributed by atoms with Gasteiger partial charge in [0.2, 0.25) is 11.7 Å². The fraction of sp³-hybridized carbons (Fsp3) is 0.308. The average Bonchev–Trinajstić information content (AvgIpc) is 2.81. The van der Waals surface area contributed by atoms with Crippen molar-refractivity contribution in [1.29, 1.82) is 0 Å². The van der Waals surface area contributed by atoms with E-state index >= 15 is 0 Å². The number of carbonyl (C=O) groups is 1. The molecule has 0 radical (unpaired) electrons. The van der Waals surface area contributed by atoms with Crippen molar-refractivity contribution < 1.29 is 9.32 Å². The van der Waals surface area contributed by atoms with Crippen molar-refractivity contribution in [2.45, 2.75) is 20.3 Å². The number of rotatable bonds is 4. The maximum absolute atomic E-state index is 11.6. The summed E-state index contributed by atoms with van der Waals surface area (Å²) in [5.74, 6) is 0.816. The van der Waals surface area contributed by atoms with E-state index < -0.39 is 0 Å². The van der Waals surface area contributed by atoms with Crippen molar-refractivity contribution in [1.82, 2.24) is 10.1 Å². The molecule has 2 rings (SSSR count). The molecule has 0 N–H and O–H groups in total. The third-order valence-corrected chi connectivity index (χ3v) is 3.83. The number of aromatic nitrogens is 2. The van der Waals surface area contributed by atoms with Crippen LogP contribution in [-0.2, 0) is 11.2 Å². The molecule has 0 unspecified atom stereocenters. The van der Waals surface area contributed by atoms with Crippen molar-refractivity contribution in [3.63, 3.8) is 0 Å². The second kappa shape index (κ2) is 5.84. The summed E-state index contributed by atoms with van der Waals surface area (Å²) in [5, 5.41) is 4.48. The van der Waals surface area contributed by atoms with Crippen molar-refractivity contribution >= 4 is 33.3 Å². The van der Waals surface area contributed by atoms with Crippen LogP contribution < -0.4 is 0 Å². The Morgan fingerprint density at radius 1 is 1.47 bits per heavy atom. The summed E-state index contributed by atoms with van der Waals surface area (Å²) in [4.78, 5) is 15.8. The Morgan fingerprint density at radius 3 is 2.84 bits per heavy atom. The number of ketones is 1. The SMILES string of the molecule is CC(C)C(=O)Cc1nc(-c2ccc(Cl)c(Br)c2)no1. The first-order valence-corrected chi connectivity index (χ1v) is 6.95. The smallest absolute Gasteiger partial charge is 0.234 e. The van der Waals surface area contributed by atoms with E-state index in [4.69, 9.17) is 16.1 Å². The minimum atomic E-state index is -0.0416. The molecule has 0 amide bonds. The lowest BCUT2D eigenvalue weighted by molar-refractivity contribution is -0.121. The fourth-order valence-corrected chi connectivity index (χ4v) is 1.93. The van der Waals surface area contributed by atoms with Gasteiger partial charge < -0.3 is 4.52 Å². The van der Waals surface area contributed by atoms with Gasteiger partial charge in [-0.3, -0.25) is 4.79 Å². The highest BCUT2D eigenvalue weighted by Crippen LogP contribution is 2.27. The summed E-state index contributed by atoms with van der Waals surface area (Å²) in [5.41, 5.74) is 0.781. The van der Waals surface area contributed by atoms with Crippen LogP contribution in [0.3, 0.4) is 0 Å². The van der Waals surface area contributed by atoms with Gasteiger partial charge in [-0.05, 0) is 34.1 Å². The van der Waals surface area contributed by atoms with Gasteiger partial charge in [0.25, 0.3) is 0 Å². The van der Waals surface area contributed by atoms with E-state index in [2.05, 4.69) is 26.1 Å². The molecule has 0 bridgehead atoms. The minimum Gasteiger partial charge on any atom is -0.339 e. The zero-order chi connectivity index (χ0) is 14.0. The highest BCUT2D eigenvalue weighted by molar-refractivity contribution is 9.10. The van der Waals surface area contributed by atoms with Gasteiger partial charge in [0, 0.05) is 16.0 Å². The molecule has 0 spiro atoms. The molecule has 0 fully saturated rings. The molecule has 0 saturated carbocycles. The van der Waals surface area contributed by atoms with E-state index in [9.17, 15) is 4.79 Å². The number of Topliss-reactive ketones (excluding diaryl/α,β-unsaturated/α-hetero) is 1. The molecule has 0 aliphatic carbocycles. The fourth-order valence-electron chi connectivity index (χ4n) is 1.43. The quantitative estimate of drug-likeness (QED) is 0.844. The predicted octanol–water partition coefficient (Wildman–Crippen LogP) is 3.92. The van der Waals surface area contributed by atoms with Crippen LogP contribution in [0.5, 0.6) is 0 Å². The normalized spacial score (nSPS) is 11.0. The van der Waals surface area contributed by atoms with E-state index in [1.54, 1.807) is 18.2 Å². The van der Waals surface area contributed by atoms with Gasteiger partial charge in [0.05, 0.1) is 11.4 Å². The van der Waals surface area contributed by atoms with E-state index in [-0.39, 0.29) is 18.1 Å². The Morgan fingerprint density at radius 2 is 2.21 bits per heavy atom. The van der Waals surface area contributed by atoms with Crippen molar-refractivity contribution in [2.24, 2.45) is 5.92 Å². The maximum Gasteiger partial charge on any atom is 0.234 e. The highest BCUT2D eigenvalue weighted by Gasteiger charge is 2.15. The number of benzene rings is 1. The Kier molecular flexibility index (Phi) is 4.37. The molecular weight excluding hydrogens is 332 g/mol. The van der Waals surface area contributed by atoms with E-state index in [0.29, 0.717) is 16.7 Å². The molecular formula is C13H12BrClN2O2. The van der Waals surface area contributed by atoms with Gasteiger partial charge in [-0.1, -0.05) is 30.6 Å². The predicted molar refractivity (Wildman–Crippen MR) is 76.0 cm³/mol. The van der Waals surface area contributed by atoms with Crippen LogP contribution in [0.2, 0.25) is 5.02 Å². The number of halogens is 2. The van der Waals surface area contributed by atoms with Crippen LogP contribution in [0.25, 0.3) is 11.4 Å². The highest BCUT2D eigenvalue weighted by atomic mass is 79.9. The van der Waals surface area contributed by atoms with Crippen LogP contribution in [0.4, 0.5) is 0 Å². The molecule has 0 atom stereocenters. The second-order valence-corrected chi connectivity index (χ2v) is 5.70. The maximum atomic E-state index is 11.6. The summed E-state index contributed by atoms with van der Waals surface area (Å²) in [7, 11) is 0. The summed E-state index contributed by atoms with van der Waals surface area (Å²) in [6.07, 6.45) is 0.166. The van der Waals surface area contributed by atoms with Crippen molar-refractivity contribution in [3.8, 4) is 11.4 Å². The summed E-state index contributed by atoms with van der Waals surface area (Å²) in [6, 6.07) is 5.35. The lowest BCUT2D eigenvalue weighted by Gasteiger charge is -1.99. The van der Waals surface area contributed by atoms with Crippen molar-refractivity contribution in [2.75, 3.05) is 0 Å². The second-order valence-electron chi connectivity index (χ2n) is 4.44. The lowest BCUT2D eigenvalue weighted by atomic mass is 10.1. The monoisotopic (exact) mass is 342 g/mol. The zero-order valence-corrected chi connectivity index (χ0v) is 12.8. The van der Waals surface area contributed by atoms with Crippen LogP contribution in [0.1, 0.15) is 19.7 Å². The zero-order valence-electron chi connectivity index (χ0n) is 10.5. The van der Waals surface area contributed by atoms with Crippen LogP contribution in [-0.4, -0.2) is 15.9 Å². The Bertz CT molecular complexity index is 610. The van der Waals surface area contributed by atoms with Gasteiger partial charge in [0.15, 0.2) is 0 Å². The molecule has 1 heterocycles. The Balaban J connectivity index is 2.21. The molecule has 0 aliphatic heterocycles. The van der Waals surface area contributed by atoms with Crippen molar-refractivity contribution in [3.05, 3.63) is 33.6 Å². The third-order valence-electron chi connectivity index (χ3n) is 2.62. The Labute approximate surface area is 124 Å². The van der Waals surface area contributed by atoms with Gasteiger partial charge in [0.1, 0.15) is 5.78 Å². The number of hydrogen-bond donors (Lipinski definition) is 0. The van der Waals surface area contributed by atoms with Gasteiger partial charge in [-0.2, -0.15) is 4.98 Å². The minimum absolute atomic E-state index is 0.0416. The van der Waals surface area contributed by atoms with Crippen LogP contribution in [0, 0.1) is 5.92 Å². The molecule has 6 heteroatoms. The standard InChI is InChI=1S/C13H12BrClN2O2/c1-7(2)11(18)6-12-16-13(17-19-12)8-3-4-10(15)9(14)5-8/h3-5,7H,6H2,1-2H3. The number of hydrogen-bond acceptors (Lipinski definition) is 4. The topological polar surface area (TPSA) is 56.0 Å². The van der Waals surface area contributed by atoms with Gasteiger partial charge >= 0.3 is 0 Å². The molecule has 4 nitrogen and oxygen atoms in total. The molecule has 0 saturated heterocycles. The van der Waals surface area contributed by atoms with Gasteiger partial charge in [-0.25, -0.2) is 0 Å². The first-order chi connectivity index (χ1) is 8.97. The summed E-state index contributed by atoms with van der Waals surface area (Å²) in [6.45, 7) is 3.69. The number of nitrogens with zero attached hydrogens (tertiary/aromatic N) is 2. The first kappa shape index (κ1) is 14.2. The lowest BCUT2D eigenvalue weighted by Crippen LogP contribution is -2.10. The van der Waals surface area contributed by atoms with E-state index in [0.717, 1.165) is 10.0 Å². The molecule has 1 aromatic carbocycles. The molecule has 2 aromatic rings. The van der Waals surface area contributed by atoms with Crippen LogP contribution >= 0.6 is 27.5 Å². The molecule has 19 heavy (non-hydrogen) atoms. The third kappa shape index (κ3) is 3.42. The average molecular weight is 344 g/mol. The number of carbonyl (C=O) groups excluding carboxylic acids is 1.